The molecule has 2 aromatic carbocycles. The SMILES string of the molecule is CCOc1cc(/C=C2\C(=N)N3N=C(S(C)(=O)=O)SC3=NC2=O)ccc1OCCCOc1ccccc1C. The first-order valence-electron chi connectivity index (χ1n) is 11.5. The van der Waals surface area contributed by atoms with Gasteiger partial charge in [0.2, 0.25) is 19.4 Å². The van der Waals surface area contributed by atoms with Gasteiger partial charge in [0.25, 0.3) is 5.91 Å². The molecule has 0 aromatic heterocycles. The van der Waals surface area contributed by atoms with Crippen LogP contribution in [-0.4, -0.2) is 60.8 Å². The summed E-state index contributed by atoms with van der Waals surface area (Å²) in [6, 6.07) is 13.0. The van der Waals surface area contributed by atoms with Gasteiger partial charge >= 0.3 is 0 Å². The number of aryl methyl sites for hydroxylation is 1. The first-order valence-corrected chi connectivity index (χ1v) is 14.2. The molecule has 0 fully saturated rings. The molecule has 37 heavy (non-hydrogen) atoms. The number of ether oxygens (including phenoxy) is 3. The van der Waals surface area contributed by atoms with Gasteiger partial charge in [-0.05, 0) is 61.0 Å². The number of amidine groups is 2. The first kappa shape index (κ1) is 26.4. The van der Waals surface area contributed by atoms with Crippen LogP contribution in [0.3, 0.4) is 0 Å². The molecule has 12 heteroatoms. The minimum absolute atomic E-state index is 0.0210. The van der Waals surface area contributed by atoms with Gasteiger partial charge in [0.15, 0.2) is 17.3 Å². The Morgan fingerprint density at radius 3 is 2.49 bits per heavy atom. The van der Waals surface area contributed by atoms with E-state index in [1.807, 2.05) is 38.1 Å². The van der Waals surface area contributed by atoms with E-state index in [2.05, 4.69) is 10.1 Å². The molecule has 2 heterocycles. The van der Waals surface area contributed by atoms with Crippen LogP contribution < -0.4 is 14.2 Å². The summed E-state index contributed by atoms with van der Waals surface area (Å²) in [5.74, 6) is 0.974. The molecule has 0 saturated heterocycles. The zero-order valence-electron chi connectivity index (χ0n) is 20.6. The normalized spacial score (nSPS) is 16.4. The van der Waals surface area contributed by atoms with E-state index in [4.69, 9.17) is 19.6 Å². The number of sulfone groups is 1. The number of carbonyl (C=O) groups excluding carboxylic acids is 1. The number of para-hydroxylation sites is 1. The standard InChI is InChI=1S/C25H26N4O6S2/c1-4-33-21-15-17(10-11-20(21)35-13-7-12-34-19-9-6-5-8-16(19)2)14-18-22(26)29-24(27-23(18)30)36-25(28-29)37(3,31)32/h5-6,8-11,14-15,26H,4,7,12-13H2,1-3H3/b18-14+,26-22?. The zero-order chi connectivity index (χ0) is 26.6. The maximum atomic E-state index is 12.6. The van der Waals surface area contributed by atoms with Crippen LogP contribution in [0.1, 0.15) is 24.5 Å². The zero-order valence-corrected chi connectivity index (χ0v) is 22.2. The quantitative estimate of drug-likeness (QED) is 0.373. The maximum Gasteiger partial charge on any atom is 0.283 e. The molecule has 0 bridgehead atoms. The lowest BCUT2D eigenvalue weighted by atomic mass is 10.1. The fourth-order valence-corrected chi connectivity index (χ4v) is 5.12. The molecule has 1 N–H and O–H groups in total. The molecule has 0 aliphatic carbocycles. The van der Waals surface area contributed by atoms with E-state index in [9.17, 15) is 13.2 Å². The highest BCUT2D eigenvalue weighted by Gasteiger charge is 2.38. The van der Waals surface area contributed by atoms with Crippen molar-refractivity contribution in [3.8, 4) is 17.2 Å². The number of rotatable bonds is 9. The van der Waals surface area contributed by atoms with Crippen molar-refractivity contribution in [1.82, 2.24) is 5.01 Å². The summed E-state index contributed by atoms with van der Waals surface area (Å²) < 4.78 is 40.9. The molecule has 0 unspecified atom stereocenters. The molecule has 0 atom stereocenters. The summed E-state index contributed by atoms with van der Waals surface area (Å²) >= 11 is 0.742. The number of aliphatic imine (C=N–C) groups is 1. The van der Waals surface area contributed by atoms with E-state index >= 15 is 0 Å². The van der Waals surface area contributed by atoms with Crippen molar-refractivity contribution >= 4 is 49.0 Å². The number of carbonyl (C=O) groups is 1. The van der Waals surface area contributed by atoms with Crippen molar-refractivity contribution in [1.29, 1.82) is 5.41 Å². The van der Waals surface area contributed by atoms with Crippen LogP contribution in [0.15, 0.2) is 58.1 Å². The van der Waals surface area contributed by atoms with Gasteiger partial charge in [-0.3, -0.25) is 10.2 Å². The number of fused-ring (bicyclic) bond motifs is 1. The molecule has 2 aromatic rings. The number of hydrazone groups is 1. The van der Waals surface area contributed by atoms with Crippen molar-refractivity contribution in [2.45, 2.75) is 20.3 Å². The second kappa shape index (κ2) is 11.2. The van der Waals surface area contributed by atoms with Crippen LogP contribution >= 0.6 is 11.8 Å². The Morgan fingerprint density at radius 1 is 1.05 bits per heavy atom. The van der Waals surface area contributed by atoms with Crippen LogP contribution in [-0.2, 0) is 14.6 Å². The van der Waals surface area contributed by atoms with Crippen LogP contribution in [0.5, 0.6) is 17.2 Å². The molecular weight excluding hydrogens is 516 g/mol. The van der Waals surface area contributed by atoms with E-state index in [0.717, 1.165) is 34.3 Å². The lowest BCUT2D eigenvalue weighted by Gasteiger charge is -2.20. The topological polar surface area (TPSA) is 131 Å². The maximum absolute atomic E-state index is 12.6. The predicted molar refractivity (Wildman–Crippen MR) is 144 cm³/mol. The van der Waals surface area contributed by atoms with Gasteiger partial charge < -0.3 is 14.2 Å². The van der Waals surface area contributed by atoms with Gasteiger partial charge in [-0.15, -0.1) is 5.10 Å². The summed E-state index contributed by atoms with van der Waals surface area (Å²) in [5.41, 5.74) is 1.64. The summed E-state index contributed by atoms with van der Waals surface area (Å²) in [7, 11) is -3.60. The molecule has 1 amide bonds. The minimum Gasteiger partial charge on any atom is -0.493 e. The van der Waals surface area contributed by atoms with Crippen LogP contribution in [0.25, 0.3) is 6.08 Å². The number of benzene rings is 2. The highest BCUT2D eigenvalue weighted by Crippen LogP contribution is 2.32. The Morgan fingerprint density at radius 2 is 1.78 bits per heavy atom. The third kappa shape index (κ3) is 6.20. The van der Waals surface area contributed by atoms with E-state index in [1.54, 1.807) is 18.2 Å². The molecule has 10 nitrogen and oxygen atoms in total. The Balaban J connectivity index is 1.45. The largest absolute Gasteiger partial charge is 0.493 e. The summed E-state index contributed by atoms with van der Waals surface area (Å²) in [6.45, 7) is 5.17. The highest BCUT2D eigenvalue weighted by atomic mass is 32.3. The van der Waals surface area contributed by atoms with Gasteiger partial charge in [-0.1, -0.05) is 24.3 Å². The van der Waals surface area contributed by atoms with Crippen LogP contribution in [0, 0.1) is 12.3 Å². The van der Waals surface area contributed by atoms with Gasteiger partial charge in [-0.25, -0.2) is 8.42 Å². The number of hydrogen-bond donors (Lipinski definition) is 1. The summed E-state index contributed by atoms with van der Waals surface area (Å²) in [5, 5.41) is 13.4. The fourth-order valence-electron chi connectivity index (χ4n) is 3.43. The van der Waals surface area contributed by atoms with Gasteiger partial charge in [-0.2, -0.15) is 10.0 Å². The lowest BCUT2D eigenvalue weighted by Crippen LogP contribution is -2.35. The molecule has 2 aliphatic heterocycles. The Hall–Kier alpha value is -3.64. The van der Waals surface area contributed by atoms with Crippen LogP contribution in [0.4, 0.5) is 0 Å². The minimum atomic E-state index is -3.60. The number of hydrogen-bond acceptors (Lipinski definition) is 9. The Labute approximate surface area is 219 Å². The van der Waals surface area contributed by atoms with Crippen molar-refractivity contribution in [2.24, 2.45) is 10.1 Å². The summed E-state index contributed by atoms with van der Waals surface area (Å²) in [6.07, 6.45) is 3.17. The fraction of sp³-hybridized carbons (Fsp3) is 0.280. The number of thioether (sulfide) groups is 1. The monoisotopic (exact) mass is 542 g/mol. The third-order valence-electron chi connectivity index (χ3n) is 5.23. The molecule has 194 valence electrons. The number of nitrogens with one attached hydrogen (secondary N) is 1. The molecule has 4 rings (SSSR count). The Bertz CT molecular complexity index is 1430. The highest BCUT2D eigenvalue weighted by molar-refractivity contribution is 8.42. The van der Waals surface area contributed by atoms with Crippen molar-refractivity contribution in [3.05, 3.63) is 59.2 Å². The molecular formula is C25H26N4O6S2. The molecule has 0 saturated carbocycles. The molecule has 2 aliphatic rings. The smallest absolute Gasteiger partial charge is 0.283 e. The predicted octanol–water partition coefficient (Wildman–Crippen LogP) is 3.86. The van der Waals surface area contributed by atoms with Crippen molar-refractivity contribution in [3.63, 3.8) is 0 Å². The van der Waals surface area contributed by atoms with Gasteiger partial charge in [0.1, 0.15) is 5.75 Å². The van der Waals surface area contributed by atoms with Gasteiger partial charge in [0.05, 0.1) is 25.4 Å². The average molecular weight is 543 g/mol. The average Bonchev–Trinajstić information content (AvgIpc) is 3.29. The van der Waals surface area contributed by atoms with E-state index in [1.165, 1.54) is 6.08 Å². The van der Waals surface area contributed by atoms with E-state index < -0.39 is 15.7 Å². The Kier molecular flexibility index (Phi) is 7.98. The van der Waals surface area contributed by atoms with Gasteiger partial charge in [0, 0.05) is 12.7 Å². The third-order valence-corrected chi connectivity index (χ3v) is 7.81. The molecule has 0 radical (unpaired) electrons. The first-order chi connectivity index (χ1) is 17.7. The van der Waals surface area contributed by atoms with Crippen molar-refractivity contribution < 1.29 is 27.4 Å². The number of nitrogens with zero attached hydrogens (tertiary/aromatic N) is 3. The lowest BCUT2D eigenvalue weighted by molar-refractivity contribution is -0.114. The van der Waals surface area contributed by atoms with E-state index in [0.29, 0.717) is 43.3 Å². The van der Waals surface area contributed by atoms with Crippen LogP contribution in [0.2, 0.25) is 0 Å². The van der Waals surface area contributed by atoms with E-state index in [-0.39, 0.29) is 21.0 Å². The molecule has 0 spiro atoms. The van der Waals surface area contributed by atoms with Crippen molar-refractivity contribution in [2.75, 3.05) is 26.1 Å². The number of amides is 1. The second-order valence-electron chi connectivity index (χ2n) is 8.11. The summed E-state index contributed by atoms with van der Waals surface area (Å²) in [4.78, 5) is 16.5. The second-order valence-corrected chi connectivity index (χ2v) is 11.3.